The monoisotopic (exact) mass is 376 g/mol. The van der Waals surface area contributed by atoms with Crippen molar-refractivity contribution in [3.8, 4) is 11.3 Å². The van der Waals surface area contributed by atoms with Crippen molar-refractivity contribution in [3.05, 3.63) is 47.1 Å². The van der Waals surface area contributed by atoms with Crippen LogP contribution in [0.2, 0.25) is 0 Å². The maximum Gasteiger partial charge on any atom is 0.277 e. The largest absolute Gasteiger partial charge is 0.390 e. The molecule has 1 atom stereocenters. The molecule has 2 aliphatic carbocycles. The Hall–Kier alpha value is -3.13. The Morgan fingerprint density at radius 2 is 2.18 bits per heavy atom. The molecule has 28 heavy (non-hydrogen) atoms. The van der Waals surface area contributed by atoms with Crippen LogP contribution >= 0.6 is 0 Å². The molecule has 0 aliphatic heterocycles. The highest BCUT2D eigenvalue weighted by Gasteiger charge is 2.65. The summed E-state index contributed by atoms with van der Waals surface area (Å²) in [5, 5.41) is 18.9. The summed E-state index contributed by atoms with van der Waals surface area (Å²) in [4.78, 5) is 23.1. The van der Waals surface area contributed by atoms with E-state index >= 15 is 0 Å². The van der Waals surface area contributed by atoms with Gasteiger partial charge in [0.05, 0.1) is 17.3 Å². The average molecular weight is 376 g/mol. The number of nitrogens with zero attached hydrogens (tertiary/aromatic N) is 3. The summed E-state index contributed by atoms with van der Waals surface area (Å²) in [6, 6.07) is 6.08. The van der Waals surface area contributed by atoms with Crippen LogP contribution in [0.5, 0.6) is 0 Å². The first-order chi connectivity index (χ1) is 13.4. The lowest BCUT2D eigenvalue weighted by Crippen LogP contribution is -2.44. The zero-order valence-corrected chi connectivity index (χ0v) is 15.4. The number of aromatic amines is 2. The quantitative estimate of drug-likeness (QED) is 0.438. The van der Waals surface area contributed by atoms with Crippen molar-refractivity contribution in [1.82, 2.24) is 24.6 Å². The Morgan fingerprint density at radius 3 is 2.96 bits per heavy atom. The van der Waals surface area contributed by atoms with Crippen LogP contribution in [0.15, 0.2) is 41.6 Å². The molecule has 6 rings (SSSR count). The molecular formula is C20H20N6O2. The van der Waals surface area contributed by atoms with Crippen LogP contribution in [0, 0.1) is 5.41 Å². The second-order valence-electron chi connectivity index (χ2n) is 8.59. The zero-order chi connectivity index (χ0) is 19.1. The summed E-state index contributed by atoms with van der Waals surface area (Å²) in [6.07, 6.45) is 7.91. The van der Waals surface area contributed by atoms with Crippen LogP contribution in [-0.2, 0) is 0 Å². The number of hydrogen-bond donors (Lipinski definition) is 4. The van der Waals surface area contributed by atoms with Gasteiger partial charge in [0.15, 0.2) is 0 Å². The van der Waals surface area contributed by atoms with Crippen LogP contribution in [0.1, 0.15) is 26.2 Å². The maximum absolute atomic E-state index is 12.8. The van der Waals surface area contributed by atoms with Crippen molar-refractivity contribution in [3.63, 3.8) is 0 Å². The Morgan fingerprint density at radius 1 is 1.32 bits per heavy atom. The fourth-order valence-corrected chi connectivity index (χ4v) is 5.00. The third-order valence-corrected chi connectivity index (χ3v) is 6.20. The smallest absolute Gasteiger partial charge is 0.277 e. The summed E-state index contributed by atoms with van der Waals surface area (Å²) < 4.78 is 1.62. The molecule has 1 unspecified atom stereocenters. The fourth-order valence-electron chi connectivity index (χ4n) is 5.00. The number of anilines is 1. The summed E-state index contributed by atoms with van der Waals surface area (Å²) >= 11 is 0. The van der Waals surface area contributed by atoms with Crippen LogP contribution in [0.25, 0.3) is 27.7 Å². The Balaban J connectivity index is 1.34. The first-order valence-electron chi connectivity index (χ1n) is 9.46. The van der Waals surface area contributed by atoms with Crippen LogP contribution in [0.4, 0.5) is 5.95 Å². The van der Waals surface area contributed by atoms with Gasteiger partial charge in [-0.2, -0.15) is 0 Å². The van der Waals surface area contributed by atoms with Gasteiger partial charge in [-0.25, -0.2) is 4.52 Å². The minimum Gasteiger partial charge on any atom is -0.390 e. The van der Waals surface area contributed by atoms with Crippen molar-refractivity contribution in [2.24, 2.45) is 5.41 Å². The average Bonchev–Trinajstić information content (AvgIpc) is 2.99. The molecule has 0 radical (unpaired) electrons. The van der Waals surface area contributed by atoms with E-state index in [1.165, 1.54) is 0 Å². The van der Waals surface area contributed by atoms with Gasteiger partial charge >= 0.3 is 0 Å². The van der Waals surface area contributed by atoms with Gasteiger partial charge in [-0.1, -0.05) is 0 Å². The SMILES string of the molecule is CC1(O)CC2(CC2Nc2nn3ccc(-c4cc5ccncc5[nH]4)c3c(=O)[nH]2)C1. The van der Waals surface area contributed by atoms with Crippen LogP contribution in [-0.4, -0.2) is 41.3 Å². The summed E-state index contributed by atoms with van der Waals surface area (Å²) in [6.45, 7) is 1.88. The molecule has 0 bridgehead atoms. The number of fused-ring (bicyclic) bond motifs is 2. The van der Waals surface area contributed by atoms with E-state index in [4.69, 9.17) is 0 Å². The molecule has 2 saturated carbocycles. The molecule has 4 aromatic heterocycles. The number of aromatic nitrogens is 5. The third-order valence-electron chi connectivity index (χ3n) is 6.20. The second-order valence-corrected chi connectivity index (χ2v) is 8.59. The van der Waals surface area contributed by atoms with E-state index < -0.39 is 5.60 Å². The van der Waals surface area contributed by atoms with E-state index in [1.807, 2.05) is 25.1 Å². The van der Waals surface area contributed by atoms with Gasteiger partial charge in [0.2, 0.25) is 5.95 Å². The number of rotatable bonds is 3. The standard InChI is InChI=1S/C20H20N6O2/c1-19(28)9-20(10-19)7-15(20)23-18-24-17(27)16-12(3-5-26(16)25-18)13-6-11-2-4-21-8-14(11)22-13/h2-6,8,15,22,28H,7,9-10H2,1H3,(H2,23,24,25,27). The van der Waals surface area contributed by atoms with Crippen molar-refractivity contribution in [1.29, 1.82) is 0 Å². The van der Waals surface area contributed by atoms with Gasteiger partial charge in [0.25, 0.3) is 5.56 Å². The molecule has 8 heteroatoms. The molecule has 4 aromatic rings. The van der Waals surface area contributed by atoms with Gasteiger partial charge in [-0.15, -0.1) is 5.10 Å². The van der Waals surface area contributed by atoms with E-state index in [2.05, 4.69) is 25.4 Å². The normalized spacial score (nSPS) is 28.7. The first-order valence-corrected chi connectivity index (χ1v) is 9.46. The number of pyridine rings is 1. The van der Waals surface area contributed by atoms with E-state index in [1.54, 1.807) is 23.1 Å². The molecular weight excluding hydrogens is 356 g/mol. The van der Waals surface area contributed by atoms with Gasteiger partial charge in [-0.3, -0.25) is 14.8 Å². The highest BCUT2D eigenvalue weighted by atomic mass is 16.3. The molecule has 142 valence electrons. The molecule has 4 heterocycles. The highest BCUT2D eigenvalue weighted by molar-refractivity contribution is 5.89. The Labute approximate surface area is 159 Å². The maximum atomic E-state index is 12.8. The Bertz CT molecular complexity index is 1260. The van der Waals surface area contributed by atoms with E-state index in [9.17, 15) is 9.90 Å². The van der Waals surface area contributed by atoms with Crippen molar-refractivity contribution >= 4 is 22.4 Å². The lowest BCUT2D eigenvalue weighted by atomic mass is 9.69. The fraction of sp³-hybridized carbons (Fsp3) is 0.350. The minimum absolute atomic E-state index is 0.164. The summed E-state index contributed by atoms with van der Waals surface area (Å²) in [5.41, 5.74) is 2.51. The number of hydrogen-bond acceptors (Lipinski definition) is 5. The lowest BCUT2D eigenvalue weighted by Gasteiger charge is -2.42. The van der Waals surface area contributed by atoms with Gasteiger partial charge in [0, 0.05) is 35.1 Å². The van der Waals surface area contributed by atoms with Crippen LogP contribution < -0.4 is 10.9 Å². The summed E-state index contributed by atoms with van der Waals surface area (Å²) in [7, 11) is 0. The van der Waals surface area contributed by atoms with Crippen molar-refractivity contribution in [2.75, 3.05) is 5.32 Å². The summed E-state index contributed by atoms with van der Waals surface area (Å²) in [5.74, 6) is 0.467. The molecule has 2 aliphatic rings. The predicted molar refractivity (Wildman–Crippen MR) is 105 cm³/mol. The molecule has 0 amide bonds. The highest BCUT2D eigenvalue weighted by Crippen LogP contribution is 2.65. The molecule has 1 spiro atoms. The van der Waals surface area contributed by atoms with E-state index in [0.29, 0.717) is 11.5 Å². The number of nitrogens with one attached hydrogen (secondary N) is 3. The number of aliphatic hydroxyl groups is 1. The molecule has 0 saturated heterocycles. The predicted octanol–water partition coefficient (Wildman–Crippen LogP) is 2.28. The van der Waals surface area contributed by atoms with Crippen LogP contribution in [0.3, 0.4) is 0 Å². The molecule has 4 N–H and O–H groups in total. The first kappa shape index (κ1) is 15.9. The molecule has 0 aromatic carbocycles. The zero-order valence-electron chi connectivity index (χ0n) is 15.4. The molecule has 2 fully saturated rings. The van der Waals surface area contributed by atoms with Gasteiger partial charge in [0.1, 0.15) is 5.52 Å². The Kier molecular flexibility index (Phi) is 2.85. The van der Waals surface area contributed by atoms with Gasteiger partial charge in [-0.05, 0) is 49.8 Å². The van der Waals surface area contributed by atoms with Crippen molar-refractivity contribution in [2.45, 2.75) is 37.8 Å². The van der Waals surface area contributed by atoms with E-state index in [0.717, 1.165) is 41.4 Å². The number of H-pyrrole nitrogens is 2. The second kappa shape index (κ2) is 5.02. The topological polar surface area (TPSA) is 111 Å². The van der Waals surface area contributed by atoms with E-state index in [-0.39, 0.29) is 17.0 Å². The molecule has 8 nitrogen and oxygen atoms in total. The lowest BCUT2D eigenvalue weighted by molar-refractivity contribution is -0.0702. The van der Waals surface area contributed by atoms with Gasteiger partial charge < -0.3 is 15.4 Å². The minimum atomic E-state index is -0.550. The third kappa shape index (κ3) is 2.24. The van der Waals surface area contributed by atoms with Crippen molar-refractivity contribution < 1.29 is 5.11 Å².